The fourth-order valence-corrected chi connectivity index (χ4v) is 1.74. The molecule has 0 radical (unpaired) electrons. The zero-order valence-electron chi connectivity index (χ0n) is 6.68. The molecule has 0 saturated carbocycles. The van der Waals surface area contributed by atoms with Gasteiger partial charge in [0.05, 0.1) is 5.92 Å². The fraction of sp³-hybridized carbons (Fsp3) is 0.875. The zero-order chi connectivity index (χ0) is 8.27. The fourth-order valence-electron chi connectivity index (χ4n) is 1.30. The lowest BCUT2D eigenvalue weighted by molar-refractivity contribution is -0.144. The SMILES string of the molecule is C[C@H]1C[C@@H](CCCI)OC1=O. The molecular formula is C8H13IO2. The first-order valence-corrected chi connectivity index (χ1v) is 5.53. The van der Waals surface area contributed by atoms with Gasteiger partial charge in [-0.3, -0.25) is 4.79 Å². The molecule has 3 heteroatoms. The van der Waals surface area contributed by atoms with Crippen LogP contribution in [-0.4, -0.2) is 16.5 Å². The smallest absolute Gasteiger partial charge is 0.309 e. The molecule has 11 heavy (non-hydrogen) atoms. The van der Waals surface area contributed by atoms with Gasteiger partial charge in [-0.05, 0) is 23.7 Å². The molecule has 0 N–H and O–H groups in total. The molecule has 1 fully saturated rings. The molecule has 2 atom stereocenters. The Labute approximate surface area is 80.8 Å². The van der Waals surface area contributed by atoms with Crippen LogP contribution >= 0.6 is 22.6 Å². The number of cyclic esters (lactones) is 1. The van der Waals surface area contributed by atoms with Crippen LogP contribution in [0.3, 0.4) is 0 Å². The first kappa shape index (κ1) is 9.29. The highest BCUT2D eigenvalue weighted by Gasteiger charge is 2.29. The van der Waals surface area contributed by atoms with E-state index in [1.807, 2.05) is 6.92 Å². The molecule has 1 rings (SSSR count). The van der Waals surface area contributed by atoms with Gasteiger partial charge in [-0.15, -0.1) is 0 Å². The highest BCUT2D eigenvalue weighted by molar-refractivity contribution is 14.1. The molecular weight excluding hydrogens is 255 g/mol. The van der Waals surface area contributed by atoms with Crippen molar-refractivity contribution in [3.8, 4) is 0 Å². The number of carbonyl (C=O) groups is 1. The van der Waals surface area contributed by atoms with Gasteiger partial charge in [-0.2, -0.15) is 0 Å². The van der Waals surface area contributed by atoms with Crippen LogP contribution in [-0.2, 0) is 9.53 Å². The molecule has 1 heterocycles. The van der Waals surface area contributed by atoms with E-state index in [2.05, 4.69) is 22.6 Å². The molecule has 1 saturated heterocycles. The van der Waals surface area contributed by atoms with E-state index in [9.17, 15) is 4.79 Å². The second kappa shape index (κ2) is 4.28. The van der Waals surface area contributed by atoms with Gasteiger partial charge in [0.25, 0.3) is 0 Å². The number of halogens is 1. The highest BCUT2D eigenvalue weighted by Crippen LogP contribution is 2.23. The second-order valence-electron chi connectivity index (χ2n) is 3.03. The molecule has 0 aliphatic carbocycles. The predicted molar refractivity (Wildman–Crippen MR) is 51.8 cm³/mol. The minimum atomic E-state index is -0.0107. The first-order valence-electron chi connectivity index (χ1n) is 4.00. The lowest BCUT2D eigenvalue weighted by atomic mass is 10.1. The average molecular weight is 268 g/mol. The maximum absolute atomic E-state index is 10.9. The second-order valence-corrected chi connectivity index (χ2v) is 4.11. The predicted octanol–water partition coefficient (Wildman–Crippen LogP) is 2.15. The van der Waals surface area contributed by atoms with Gasteiger partial charge < -0.3 is 4.74 Å². The van der Waals surface area contributed by atoms with E-state index in [-0.39, 0.29) is 18.0 Å². The van der Waals surface area contributed by atoms with Gasteiger partial charge in [-0.1, -0.05) is 29.5 Å². The summed E-state index contributed by atoms with van der Waals surface area (Å²) in [6.45, 7) is 1.94. The third-order valence-electron chi connectivity index (χ3n) is 1.96. The quantitative estimate of drug-likeness (QED) is 0.445. The monoisotopic (exact) mass is 268 g/mol. The van der Waals surface area contributed by atoms with Gasteiger partial charge in [-0.25, -0.2) is 0 Å². The number of rotatable bonds is 3. The van der Waals surface area contributed by atoms with Gasteiger partial charge in [0, 0.05) is 0 Å². The van der Waals surface area contributed by atoms with E-state index in [0.717, 1.165) is 23.7 Å². The summed E-state index contributed by atoms with van der Waals surface area (Å²) in [5.41, 5.74) is 0. The molecule has 0 aromatic rings. The van der Waals surface area contributed by atoms with E-state index in [4.69, 9.17) is 4.74 Å². The van der Waals surface area contributed by atoms with Crippen molar-refractivity contribution in [2.24, 2.45) is 5.92 Å². The Bertz CT molecular complexity index is 147. The number of alkyl halides is 1. The molecule has 0 amide bonds. The third kappa shape index (κ3) is 2.61. The van der Waals surface area contributed by atoms with Crippen molar-refractivity contribution >= 4 is 28.6 Å². The van der Waals surface area contributed by atoms with Crippen LogP contribution < -0.4 is 0 Å². The molecule has 0 aromatic heterocycles. The summed E-state index contributed by atoms with van der Waals surface area (Å²) in [6.07, 6.45) is 3.34. The standard InChI is InChI=1S/C8H13IO2/c1-6-5-7(3-2-4-9)11-8(6)10/h6-7H,2-5H2,1H3/t6-,7+/m0/s1. The van der Waals surface area contributed by atoms with Crippen molar-refractivity contribution in [1.82, 2.24) is 0 Å². The van der Waals surface area contributed by atoms with Crippen LogP contribution in [0.2, 0.25) is 0 Å². The Hall–Kier alpha value is 0.200. The topological polar surface area (TPSA) is 26.3 Å². The summed E-state index contributed by atoms with van der Waals surface area (Å²) in [5.74, 6) is 0.123. The van der Waals surface area contributed by atoms with Crippen molar-refractivity contribution in [2.45, 2.75) is 32.3 Å². The van der Waals surface area contributed by atoms with Crippen LogP contribution in [0.4, 0.5) is 0 Å². The van der Waals surface area contributed by atoms with E-state index in [1.54, 1.807) is 0 Å². The molecule has 0 spiro atoms. The van der Waals surface area contributed by atoms with Gasteiger partial charge in [0.2, 0.25) is 0 Å². The number of ether oxygens (including phenoxy) is 1. The Morgan fingerprint density at radius 2 is 2.45 bits per heavy atom. The van der Waals surface area contributed by atoms with Gasteiger partial charge in [0.1, 0.15) is 6.10 Å². The van der Waals surface area contributed by atoms with Crippen LogP contribution in [0.15, 0.2) is 0 Å². The molecule has 0 unspecified atom stereocenters. The lowest BCUT2D eigenvalue weighted by Gasteiger charge is -2.05. The maximum atomic E-state index is 10.9. The number of carbonyl (C=O) groups excluding carboxylic acids is 1. The third-order valence-corrected chi connectivity index (χ3v) is 2.72. The summed E-state index contributed by atoms with van der Waals surface area (Å²) < 4.78 is 6.29. The summed E-state index contributed by atoms with van der Waals surface area (Å²) >= 11 is 2.34. The minimum Gasteiger partial charge on any atom is -0.462 e. The minimum absolute atomic E-state index is 0.0107. The van der Waals surface area contributed by atoms with Crippen LogP contribution in [0.25, 0.3) is 0 Å². The first-order chi connectivity index (χ1) is 5.24. The van der Waals surface area contributed by atoms with E-state index in [1.165, 1.54) is 0 Å². The molecule has 0 bridgehead atoms. The van der Waals surface area contributed by atoms with E-state index < -0.39 is 0 Å². The summed E-state index contributed by atoms with van der Waals surface area (Å²) in [4.78, 5) is 10.9. The van der Waals surface area contributed by atoms with E-state index >= 15 is 0 Å². The van der Waals surface area contributed by atoms with E-state index in [0.29, 0.717) is 0 Å². The Kier molecular flexibility index (Phi) is 3.62. The van der Waals surface area contributed by atoms with Gasteiger partial charge in [0.15, 0.2) is 0 Å². The number of hydrogen-bond donors (Lipinski definition) is 0. The van der Waals surface area contributed by atoms with Crippen molar-refractivity contribution in [2.75, 3.05) is 4.43 Å². The molecule has 1 aliphatic rings. The van der Waals surface area contributed by atoms with Crippen molar-refractivity contribution < 1.29 is 9.53 Å². The van der Waals surface area contributed by atoms with Crippen molar-refractivity contribution in [1.29, 1.82) is 0 Å². The zero-order valence-corrected chi connectivity index (χ0v) is 8.84. The van der Waals surface area contributed by atoms with Crippen LogP contribution in [0.5, 0.6) is 0 Å². The summed E-state index contributed by atoms with van der Waals surface area (Å²) in [5, 5.41) is 0. The Balaban J connectivity index is 2.24. The Morgan fingerprint density at radius 1 is 1.73 bits per heavy atom. The molecule has 1 aliphatic heterocycles. The molecule has 0 aromatic carbocycles. The van der Waals surface area contributed by atoms with Crippen molar-refractivity contribution in [3.05, 3.63) is 0 Å². The highest BCUT2D eigenvalue weighted by atomic mass is 127. The summed E-state index contributed by atoms with van der Waals surface area (Å²) in [7, 11) is 0. The van der Waals surface area contributed by atoms with Crippen molar-refractivity contribution in [3.63, 3.8) is 0 Å². The largest absolute Gasteiger partial charge is 0.462 e. The molecule has 2 nitrogen and oxygen atoms in total. The lowest BCUT2D eigenvalue weighted by Crippen LogP contribution is -2.06. The average Bonchev–Trinajstić information content (AvgIpc) is 2.28. The van der Waals surface area contributed by atoms with Crippen LogP contribution in [0, 0.1) is 5.92 Å². The normalized spacial score (nSPS) is 30.5. The van der Waals surface area contributed by atoms with Crippen LogP contribution in [0.1, 0.15) is 26.2 Å². The van der Waals surface area contributed by atoms with Gasteiger partial charge >= 0.3 is 5.97 Å². The number of esters is 1. The molecule has 64 valence electrons. The number of hydrogen-bond acceptors (Lipinski definition) is 2. The maximum Gasteiger partial charge on any atom is 0.309 e. The Morgan fingerprint density at radius 3 is 2.91 bits per heavy atom. The summed E-state index contributed by atoms with van der Waals surface area (Å²) in [6, 6.07) is 0.